The molecule has 1 unspecified atom stereocenters. The minimum atomic E-state index is -0.316. The lowest BCUT2D eigenvalue weighted by Crippen LogP contribution is -2.39. The fourth-order valence-corrected chi connectivity index (χ4v) is 3.36. The summed E-state index contributed by atoms with van der Waals surface area (Å²) >= 11 is 1.66. The van der Waals surface area contributed by atoms with Crippen LogP contribution in [0.25, 0.3) is 0 Å². The van der Waals surface area contributed by atoms with E-state index in [1.807, 2.05) is 19.9 Å². The number of aliphatic imine (C=N–C) groups is 1. The molecule has 1 fully saturated rings. The van der Waals surface area contributed by atoms with Gasteiger partial charge in [0.05, 0.1) is 23.4 Å². The van der Waals surface area contributed by atoms with Gasteiger partial charge in [-0.1, -0.05) is 6.07 Å². The molecule has 1 heterocycles. The van der Waals surface area contributed by atoms with Crippen LogP contribution < -0.4 is 15.4 Å². The van der Waals surface area contributed by atoms with Crippen molar-refractivity contribution >= 4 is 41.3 Å². The molecule has 0 aliphatic heterocycles. The average molecular weight is 518 g/mol. The molecule has 1 saturated carbocycles. The fraction of sp³-hybridized carbons (Fsp3) is 0.500. The van der Waals surface area contributed by atoms with Gasteiger partial charge in [-0.15, -0.1) is 35.3 Å². The van der Waals surface area contributed by atoms with E-state index in [-0.39, 0.29) is 35.8 Å². The Morgan fingerprint density at radius 3 is 2.82 bits per heavy atom. The van der Waals surface area contributed by atoms with Gasteiger partial charge in [0.1, 0.15) is 0 Å². The number of rotatable bonds is 8. The zero-order valence-electron chi connectivity index (χ0n) is 16.5. The lowest BCUT2D eigenvalue weighted by Gasteiger charge is -2.19. The van der Waals surface area contributed by atoms with Crippen molar-refractivity contribution in [1.29, 1.82) is 0 Å². The van der Waals surface area contributed by atoms with Crippen LogP contribution in [0, 0.1) is 18.7 Å². The Morgan fingerprint density at radius 1 is 1.43 bits per heavy atom. The third-order valence-corrected chi connectivity index (χ3v) is 5.37. The molecule has 3 rings (SSSR count). The summed E-state index contributed by atoms with van der Waals surface area (Å²) in [5.41, 5.74) is 1.93. The Balaban J connectivity index is 0.00000280. The zero-order chi connectivity index (χ0) is 19.2. The number of aryl methyl sites for hydroxylation is 1. The first kappa shape index (κ1) is 22.9. The summed E-state index contributed by atoms with van der Waals surface area (Å²) in [6, 6.07) is 5.07. The maximum Gasteiger partial charge on any atom is 0.191 e. The summed E-state index contributed by atoms with van der Waals surface area (Å²) in [6.07, 6.45) is 3.21. The molecule has 0 saturated heterocycles. The predicted molar refractivity (Wildman–Crippen MR) is 124 cm³/mol. The molecule has 5 nitrogen and oxygen atoms in total. The van der Waals surface area contributed by atoms with Crippen molar-refractivity contribution in [3.8, 4) is 5.75 Å². The van der Waals surface area contributed by atoms with E-state index in [4.69, 9.17) is 4.74 Å². The monoisotopic (exact) mass is 518 g/mol. The molecule has 1 aliphatic carbocycles. The molecule has 1 atom stereocenters. The van der Waals surface area contributed by atoms with Gasteiger partial charge in [-0.3, -0.25) is 4.99 Å². The SMILES string of the molecule is CN=C(NCCc1csc(C)n1)NC(C)c1ccc(OCC2CC2)c(F)c1.I. The number of benzene rings is 1. The van der Waals surface area contributed by atoms with Crippen molar-refractivity contribution in [3.05, 3.63) is 45.7 Å². The summed E-state index contributed by atoms with van der Waals surface area (Å²) < 4.78 is 19.8. The van der Waals surface area contributed by atoms with Crippen LogP contribution in [0.1, 0.15) is 42.1 Å². The Morgan fingerprint density at radius 2 is 2.21 bits per heavy atom. The van der Waals surface area contributed by atoms with E-state index >= 15 is 0 Å². The number of halogens is 2. The van der Waals surface area contributed by atoms with Crippen molar-refractivity contribution in [2.75, 3.05) is 20.2 Å². The third-order valence-electron chi connectivity index (χ3n) is 4.54. The lowest BCUT2D eigenvalue weighted by molar-refractivity contribution is 0.285. The molecule has 1 aromatic carbocycles. The molecular weight excluding hydrogens is 490 g/mol. The average Bonchev–Trinajstić information content (AvgIpc) is 3.40. The molecule has 1 aliphatic rings. The van der Waals surface area contributed by atoms with Crippen molar-refractivity contribution in [2.45, 2.75) is 39.2 Å². The first-order valence-electron chi connectivity index (χ1n) is 9.35. The van der Waals surface area contributed by atoms with Crippen LogP contribution in [-0.2, 0) is 6.42 Å². The van der Waals surface area contributed by atoms with Crippen molar-refractivity contribution in [1.82, 2.24) is 15.6 Å². The highest BCUT2D eigenvalue weighted by Gasteiger charge is 2.22. The lowest BCUT2D eigenvalue weighted by atomic mass is 10.1. The highest BCUT2D eigenvalue weighted by molar-refractivity contribution is 14.0. The van der Waals surface area contributed by atoms with Crippen LogP contribution in [0.4, 0.5) is 4.39 Å². The number of ether oxygens (including phenoxy) is 1. The zero-order valence-corrected chi connectivity index (χ0v) is 19.6. The molecule has 0 spiro atoms. The topological polar surface area (TPSA) is 58.5 Å². The van der Waals surface area contributed by atoms with Crippen molar-refractivity contribution in [3.63, 3.8) is 0 Å². The Kier molecular flexibility index (Phi) is 8.94. The number of thiazole rings is 1. The summed E-state index contributed by atoms with van der Waals surface area (Å²) in [5, 5.41) is 9.72. The molecular formula is C20H28FIN4OS. The molecule has 8 heteroatoms. The number of aromatic nitrogens is 1. The molecule has 2 N–H and O–H groups in total. The van der Waals surface area contributed by atoms with Gasteiger partial charge in [-0.05, 0) is 50.3 Å². The number of hydrogen-bond acceptors (Lipinski definition) is 4. The first-order chi connectivity index (χ1) is 13.0. The fourth-order valence-electron chi connectivity index (χ4n) is 2.71. The molecule has 0 bridgehead atoms. The smallest absolute Gasteiger partial charge is 0.191 e. The van der Waals surface area contributed by atoms with E-state index < -0.39 is 0 Å². The second kappa shape index (κ2) is 10.9. The standard InChI is InChI=1S/C20H27FN4OS.HI/c1-13(16-6-7-19(18(21)10-16)26-11-15-4-5-15)24-20(22-3)23-9-8-17-12-27-14(2)25-17;/h6-7,10,12-13,15H,4-5,8-9,11H2,1-3H3,(H2,22,23,24);1H. The molecule has 28 heavy (non-hydrogen) atoms. The van der Waals surface area contributed by atoms with Crippen LogP contribution in [0.5, 0.6) is 5.75 Å². The van der Waals surface area contributed by atoms with E-state index in [1.165, 1.54) is 18.9 Å². The number of nitrogens with zero attached hydrogens (tertiary/aromatic N) is 2. The normalized spacial score (nSPS) is 14.9. The molecule has 1 aromatic heterocycles. The Labute approximate surface area is 187 Å². The van der Waals surface area contributed by atoms with E-state index in [2.05, 4.69) is 26.0 Å². The summed E-state index contributed by atoms with van der Waals surface area (Å²) in [7, 11) is 1.73. The minimum absolute atomic E-state index is 0. The maximum absolute atomic E-state index is 14.3. The highest BCUT2D eigenvalue weighted by atomic mass is 127. The third kappa shape index (κ3) is 6.88. The van der Waals surface area contributed by atoms with E-state index in [1.54, 1.807) is 24.5 Å². The molecule has 2 aromatic rings. The van der Waals surface area contributed by atoms with Crippen LogP contribution in [0.2, 0.25) is 0 Å². The van der Waals surface area contributed by atoms with Crippen LogP contribution in [-0.4, -0.2) is 31.1 Å². The van der Waals surface area contributed by atoms with Gasteiger partial charge in [0.15, 0.2) is 17.5 Å². The van der Waals surface area contributed by atoms with Crippen LogP contribution in [0.3, 0.4) is 0 Å². The van der Waals surface area contributed by atoms with E-state index in [9.17, 15) is 4.39 Å². The van der Waals surface area contributed by atoms with Gasteiger partial charge >= 0.3 is 0 Å². The summed E-state index contributed by atoms with van der Waals surface area (Å²) in [4.78, 5) is 8.70. The van der Waals surface area contributed by atoms with Gasteiger partial charge in [0, 0.05) is 25.4 Å². The van der Waals surface area contributed by atoms with Gasteiger partial charge in [0.2, 0.25) is 0 Å². The van der Waals surface area contributed by atoms with E-state index in [0.29, 0.717) is 24.2 Å². The number of nitrogens with one attached hydrogen (secondary N) is 2. The molecule has 0 radical (unpaired) electrons. The van der Waals surface area contributed by atoms with Crippen molar-refractivity contribution in [2.24, 2.45) is 10.9 Å². The highest BCUT2D eigenvalue weighted by Crippen LogP contribution is 2.30. The quantitative estimate of drug-likeness (QED) is 0.308. The number of guanidine groups is 1. The van der Waals surface area contributed by atoms with Crippen molar-refractivity contribution < 1.29 is 9.13 Å². The van der Waals surface area contributed by atoms with Crippen LogP contribution >= 0.6 is 35.3 Å². The summed E-state index contributed by atoms with van der Waals surface area (Å²) in [5.74, 6) is 1.30. The number of hydrogen-bond donors (Lipinski definition) is 2. The first-order valence-corrected chi connectivity index (χ1v) is 10.2. The van der Waals surface area contributed by atoms with Gasteiger partial charge in [-0.25, -0.2) is 9.37 Å². The largest absolute Gasteiger partial charge is 0.490 e. The minimum Gasteiger partial charge on any atom is -0.490 e. The maximum atomic E-state index is 14.3. The molecule has 154 valence electrons. The van der Waals surface area contributed by atoms with Gasteiger partial charge in [-0.2, -0.15) is 0 Å². The van der Waals surface area contributed by atoms with Crippen LogP contribution in [0.15, 0.2) is 28.6 Å². The summed E-state index contributed by atoms with van der Waals surface area (Å²) in [6.45, 7) is 5.33. The Hall–Kier alpha value is -1.42. The predicted octanol–water partition coefficient (Wildman–Crippen LogP) is 4.47. The second-order valence-electron chi connectivity index (χ2n) is 6.92. The second-order valence-corrected chi connectivity index (χ2v) is 7.98. The molecule has 0 amide bonds. The Bertz CT molecular complexity index is 794. The van der Waals surface area contributed by atoms with Gasteiger partial charge in [0.25, 0.3) is 0 Å². The van der Waals surface area contributed by atoms with Gasteiger partial charge < -0.3 is 15.4 Å². The van der Waals surface area contributed by atoms with E-state index in [0.717, 1.165) is 29.2 Å².